The summed E-state index contributed by atoms with van der Waals surface area (Å²) in [5, 5.41) is 16.2. The minimum atomic E-state index is -3.32. The number of rotatable bonds is 6. The van der Waals surface area contributed by atoms with Crippen molar-refractivity contribution < 1.29 is 23.1 Å². The molecule has 1 rings (SSSR count). The van der Waals surface area contributed by atoms with E-state index in [1.54, 1.807) is 20.8 Å². The van der Waals surface area contributed by atoms with Gasteiger partial charge in [-0.3, -0.25) is 0 Å². The van der Waals surface area contributed by atoms with E-state index in [1.165, 1.54) is 11.8 Å². The van der Waals surface area contributed by atoms with Crippen LogP contribution in [0.4, 0.5) is 0 Å². The average molecular weight is 305 g/mol. The molecule has 8 nitrogen and oxygen atoms in total. The summed E-state index contributed by atoms with van der Waals surface area (Å²) in [7, 11) is -1.90. The first-order valence-corrected chi connectivity index (χ1v) is 7.62. The van der Waals surface area contributed by atoms with Gasteiger partial charge in [0, 0.05) is 7.11 Å². The van der Waals surface area contributed by atoms with E-state index in [0.717, 1.165) is 0 Å². The predicted molar refractivity (Wildman–Crippen MR) is 71.2 cm³/mol. The second-order valence-corrected chi connectivity index (χ2v) is 8.14. The molecule has 0 aliphatic heterocycles. The predicted octanol–water partition coefficient (Wildman–Crippen LogP) is 0.336. The summed E-state index contributed by atoms with van der Waals surface area (Å²) in [6, 6.07) is 0. The van der Waals surface area contributed by atoms with E-state index >= 15 is 0 Å². The van der Waals surface area contributed by atoms with Gasteiger partial charge in [0.2, 0.25) is 0 Å². The second kappa shape index (κ2) is 5.88. The zero-order valence-corrected chi connectivity index (χ0v) is 12.8. The second-order valence-electron chi connectivity index (χ2n) is 5.28. The lowest BCUT2D eigenvalue weighted by atomic mass is 10.3. The summed E-state index contributed by atoms with van der Waals surface area (Å²) in [4.78, 5) is 11.0. The number of hydrogen-bond donors (Lipinski definition) is 1. The lowest BCUT2D eigenvalue weighted by molar-refractivity contribution is 0.0684. The number of carbonyl (C=O) groups is 1. The molecule has 0 saturated heterocycles. The Hall–Kier alpha value is -1.48. The Labute approximate surface area is 117 Å². The van der Waals surface area contributed by atoms with E-state index < -0.39 is 20.6 Å². The summed E-state index contributed by atoms with van der Waals surface area (Å²) in [5.74, 6) is -1.36. The Kier molecular flexibility index (Phi) is 4.87. The van der Waals surface area contributed by atoms with Crippen LogP contribution < -0.4 is 0 Å². The van der Waals surface area contributed by atoms with Crippen molar-refractivity contribution in [1.29, 1.82) is 0 Å². The molecule has 20 heavy (non-hydrogen) atoms. The normalized spacial score (nSPS) is 12.6. The lowest BCUT2D eigenvalue weighted by Gasteiger charge is -2.19. The number of aryl methyl sites for hydroxylation is 1. The van der Waals surface area contributed by atoms with Gasteiger partial charge in [0.25, 0.3) is 0 Å². The van der Waals surface area contributed by atoms with Gasteiger partial charge in [0.05, 0.1) is 29.3 Å². The number of ether oxygens (including phenoxy) is 1. The monoisotopic (exact) mass is 305 g/mol. The van der Waals surface area contributed by atoms with Gasteiger partial charge in [-0.2, -0.15) is 0 Å². The molecule has 1 heterocycles. The maximum atomic E-state index is 12.0. The highest BCUT2D eigenvalue weighted by molar-refractivity contribution is 7.92. The van der Waals surface area contributed by atoms with Crippen LogP contribution in [0.1, 0.15) is 37.0 Å². The molecule has 0 bridgehead atoms. The molecule has 0 fully saturated rings. The molecule has 0 aromatic carbocycles. The number of carboxylic acid groups (broad SMARTS) is 1. The molecule has 0 aliphatic rings. The van der Waals surface area contributed by atoms with E-state index in [9.17, 15) is 13.2 Å². The van der Waals surface area contributed by atoms with Gasteiger partial charge in [-0.15, -0.1) is 5.10 Å². The standard InChI is InChI=1S/C11H19N3O5S/c1-11(2,3)20(17,18)6-5-14-8(7-19-4)9(10(15)16)12-13-14/h5-7H2,1-4H3,(H,15,16). The van der Waals surface area contributed by atoms with Crippen molar-refractivity contribution in [2.75, 3.05) is 12.9 Å². The molecular weight excluding hydrogens is 286 g/mol. The summed E-state index contributed by atoms with van der Waals surface area (Å²) in [6.45, 7) is 4.88. The van der Waals surface area contributed by atoms with Crippen LogP contribution in [0.5, 0.6) is 0 Å². The minimum absolute atomic E-state index is 0.00417. The summed E-state index contributed by atoms with van der Waals surface area (Å²) >= 11 is 0. The Bertz CT molecular complexity index is 586. The molecule has 114 valence electrons. The molecule has 9 heteroatoms. The van der Waals surface area contributed by atoms with Crippen LogP contribution in [-0.2, 0) is 27.7 Å². The number of nitrogens with zero attached hydrogens (tertiary/aromatic N) is 3. The zero-order chi connectivity index (χ0) is 15.6. The first-order chi connectivity index (χ1) is 9.10. The van der Waals surface area contributed by atoms with E-state index in [1.807, 2.05) is 0 Å². The fourth-order valence-corrected chi connectivity index (χ4v) is 2.50. The van der Waals surface area contributed by atoms with Crippen molar-refractivity contribution in [3.63, 3.8) is 0 Å². The van der Waals surface area contributed by atoms with Gasteiger partial charge >= 0.3 is 5.97 Å². The molecule has 0 unspecified atom stereocenters. The smallest absolute Gasteiger partial charge is 0.358 e. The van der Waals surface area contributed by atoms with Crippen molar-refractivity contribution in [3.8, 4) is 0 Å². The van der Waals surface area contributed by atoms with E-state index in [-0.39, 0.29) is 30.3 Å². The highest BCUT2D eigenvalue weighted by atomic mass is 32.2. The SMILES string of the molecule is COCc1c(C(=O)O)nnn1CCS(=O)(=O)C(C)(C)C. The number of aromatic nitrogens is 3. The fourth-order valence-electron chi connectivity index (χ4n) is 1.47. The fraction of sp³-hybridized carbons (Fsp3) is 0.727. The Morgan fingerprint density at radius 2 is 2.00 bits per heavy atom. The quantitative estimate of drug-likeness (QED) is 0.806. The summed E-state index contributed by atoms with van der Waals surface area (Å²) in [6.07, 6.45) is 0. The van der Waals surface area contributed by atoms with Gasteiger partial charge in [-0.05, 0) is 20.8 Å². The highest BCUT2D eigenvalue weighted by Crippen LogP contribution is 2.17. The molecule has 0 spiro atoms. The Balaban J connectivity index is 2.97. The molecule has 1 aromatic rings. The topological polar surface area (TPSA) is 111 Å². The summed E-state index contributed by atoms with van der Waals surface area (Å²) < 4.78 is 29.3. The molecular formula is C11H19N3O5S. The van der Waals surface area contributed by atoms with Crippen molar-refractivity contribution >= 4 is 15.8 Å². The van der Waals surface area contributed by atoms with Crippen LogP contribution in [0.3, 0.4) is 0 Å². The first kappa shape index (κ1) is 16.6. The van der Waals surface area contributed by atoms with Crippen molar-refractivity contribution in [2.45, 2.75) is 38.7 Å². The lowest BCUT2D eigenvalue weighted by Crippen LogP contribution is -2.32. The van der Waals surface area contributed by atoms with Gasteiger partial charge in [-0.25, -0.2) is 17.9 Å². The molecule has 0 radical (unpaired) electrons. The Morgan fingerprint density at radius 1 is 1.40 bits per heavy atom. The third-order valence-corrected chi connectivity index (χ3v) is 5.41. The van der Waals surface area contributed by atoms with E-state index in [0.29, 0.717) is 0 Å². The van der Waals surface area contributed by atoms with Crippen LogP contribution in [0.25, 0.3) is 0 Å². The number of carboxylic acids is 1. The molecule has 0 amide bonds. The Morgan fingerprint density at radius 3 is 2.45 bits per heavy atom. The number of sulfone groups is 1. The van der Waals surface area contributed by atoms with Crippen LogP contribution in [0, 0.1) is 0 Å². The maximum Gasteiger partial charge on any atom is 0.358 e. The number of aromatic carboxylic acids is 1. The molecule has 0 aliphatic carbocycles. The third-order valence-electron chi connectivity index (χ3n) is 2.83. The molecule has 0 saturated carbocycles. The van der Waals surface area contributed by atoms with Crippen LogP contribution in [0.2, 0.25) is 0 Å². The molecule has 0 atom stereocenters. The van der Waals surface area contributed by atoms with Crippen molar-refractivity contribution in [3.05, 3.63) is 11.4 Å². The summed E-state index contributed by atoms with van der Waals surface area (Å²) in [5.41, 5.74) is 0.0316. The number of methoxy groups -OCH3 is 1. The number of hydrogen-bond acceptors (Lipinski definition) is 6. The van der Waals surface area contributed by atoms with Crippen LogP contribution in [-0.4, -0.2) is 52.1 Å². The van der Waals surface area contributed by atoms with E-state index in [4.69, 9.17) is 9.84 Å². The van der Waals surface area contributed by atoms with Crippen molar-refractivity contribution in [1.82, 2.24) is 15.0 Å². The first-order valence-electron chi connectivity index (χ1n) is 5.97. The van der Waals surface area contributed by atoms with Gasteiger partial charge < -0.3 is 9.84 Å². The maximum absolute atomic E-state index is 12.0. The minimum Gasteiger partial charge on any atom is -0.476 e. The van der Waals surface area contributed by atoms with E-state index in [2.05, 4.69) is 10.3 Å². The average Bonchev–Trinajstić information content (AvgIpc) is 2.69. The van der Waals surface area contributed by atoms with Gasteiger partial charge in [-0.1, -0.05) is 5.21 Å². The third kappa shape index (κ3) is 3.54. The highest BCUT2D eigenvalue weighted by Gasteiger charge is 2.29. The van der Waals surface area contributed by atoms with Crippen LogP contribution in [0.15, 0.2) is 0 Å². The molecule has 1 N–H and O–H groups in total. The van der Waals surface area contributed by atoms with Gasteiger partial charge in [0.1, 0.15) is 0 Å². The van der Waals surface area contributed by atoms with Gasteiger partial charge in [0.15, 0.2) is 15.5 Å². The molecule has 1 aromatic heterocycles. The van der Waals surface area contributed by atoms with Crippen molar-refractivity contribution in [2.24, 2.45) is 0 Å². The van der Waals surface area contributed by atoms with Crippen LogP contribution >= 0.6 is 0 Å². The largest absolute Gasteiger partial charge is 0.476 e. The zero-order valence-electron chi connectivity index (χ0n) is 12.0.